The van der Waals surface area contributed by atoms with Gasteiger partial charge in [0.15, 0.2) is 12.3 Å². The minimum atomic E-state index is -0.254. The Morgan fingerprint density at radius 2 is 1.92 bits per heavy atom. The quantitative estimate of drug-likeness (QED) is 0.453. The van der Waals surface area contributed by atoms with Crippen LogP contribution in [-0.4, -0.2) is 34.8 Å². The first-order valence-corrected chi connectivity index (χ1v) is 13.3. The van der Waals surface area contributed by atoms with E-state index in [0.29, 0.717) is 24.1 Å². The molecule has 0 bridgehead atoms. The van der Waals surface area contributed by atoms with E-state index in [0.717, 1.165) is 49.8 Å². The Kier molecular flexibility index (Phi) is 7.58. The standard InChI is InChI=1S/C30H35N3O4/c1-20(2)17-31-29(34)26-18-37-27(32-26)19-36-24-13-12-21-14-15-33(30(35)23-10-6-7-11-23)28(25(21)16-24)22-8-4-3-5-9-22/h3-5,8-9,12-13,16,18,20,23,28H,6-7,10-11,14-15,17,19H2,1-2H3,(H,31,34). The number of amides is 2. The molecule has 2 amide bonds. The van der Waals surface area contributed by atoms with Gasteiger partial charge in [-0.2, -0.15) is 0 Å². The molecule has 7 heteroatoms. The van der Waals surface area contributed by atoms with Crippen molar-refractivity contribution in [3.05, 3.63) is 83.1 Å². The summed E-state index contributed by atoms with van der Waals surface area (Å²) in [6, 6.07) is 16.2. The molecule has 2 aromatic carbocycles. The lowest BCUT2D eigenvalue weighted by atomic mass is 9.87. The largest absolute Gasteiger partial charge is 0.484 e. The topological polar surface area (TPSA) is 84.7 Å². The van der Waals surface area contributed by atoms with Crippen LogP contribution in [0.5, 0.6) is 5.75 Å². The molecule has 1 aliphatic carbocycles. The molecule has 0 radical (unpaired) electrons. The molecule has 1 aromatic heterocycles. The molecule has 1 saturated carbocycles. The molecule has 1 fully saturated rings. The lowest BCUT2D eigenvalue weighted by Gasteiger charge is -2.39. The highest BCUT2D eigenvalue weighted by Crippen LogP contribution is 2.39. The van der Waals surface area contributed by atoms with Crippen LogP contribution >= 0.6 is 0 Å². The fourth-order valence-electron chi connectivity index (χ4n) is 5.34. The number of carbonyl (C=O) groups is 2. The Balaban J connectivity index is 1.35. The molecule has 0 spiro atoms. The fraction of sp³-hybridized carbons (Fsp3) is 0.433. The molecule has 2 heterocycles. The lowest BCUT2D eigenvalue weighted by molar-refractivity contribution is -0.137. The Labute approximate surface area is 218 Å². The van der Waals surface area contributed by atoms with Crippen LogP contribution in [0, 0.1) is 11.8 Å². The van der Waals surface area contributed by atoms with Crippen molar-refractivity contribution in [2.24, 2.45) is 11.8 Å². The van der Waals surface area contributed by atoms with Gasteiger partial charge >= 0.3 is 0 Å². The van der Waals surface area contributed by atoms with E-state index in [2.05, 4.69) is 33.4 Å². The number of benzene rings is 2. The number of hydrogen-bond acceptors (Lipinski definition) is 5. The third-order valence-electron chi connectivity index (χ3n) is 7.27. The molecule has 194 valence electrons. The average Bonchev–Trinajstić information content (AvgIpc) is 3.63. The molecule has 1 N–H and O–H groups in total. The second-order valence-corrected chi connectivity index (χ2v) is 10.5. The Morgan fingerprint density at radius 3 is 2.68 bits per heavy atom. The number of oxazole rings is 1. The third-order valence-corrected chi connectivity index (χ3v) is 7.27. The van der Waals surface area contributed by atoms with Gasteiger partial charge in [0, 0.05) is 19.0 Å². The first kappa shape index (κ1) is 25.1. The molecule has 7 nitrogen and oxygen atoms in total. The van der Waals surface area contributed by atoms with Gasteiger partial charge in [-0.3, -0.25) is 9.59 Å². The maximum atomic E-state index is 13.6. The summed E-state index contributed by atoms with van der Waals surface area (Å²) in [7, 11) is 0. The van der Waals surface area contributed by atoms with Crippen LogP contribution in [0.15, 0.2) is 59.2 Å². The second kappa shape index (κ2) is 11.2. The number of aromatic nitrogens is 1. The van der Waals surface area contributed by atoms with Crippen LogP contribution in [0.3, 0.4) is 0 Å². The van der Waals surface area contributed by atoms with E-state index in [1.54, 1.807) is 0 Å². The zero-order chi connectivity index (χ0) is 25.8. The summed E-state index contributed by atoms with van der Waals surface area (Å²) in [6.07, 6.45) is 6.43. The summed E-state index contributed by atoms with van der Waals surface area (Å²) in [5.74, 6) is 1.52. The van der Waals surface area contributed by atoms with Gasteiger partial charge in [-0.05, 0) is 54.0 Å². The van der Waals surface area contributed by atoms with Crippen LogP contribution in [0.25, 0.3) is 0 Å². The van der Waals surface area contributed by atoms with Crippen molar-refractivity contribution in [2.75, 3.05) is 13.1 Å². The van der Waals surface area contributed by atoms with Gasteiger partial charge in [0.25, 0.3) is 5.91 Å². The summed E-state index contributed by atoms with van der Waals surface area (Å²) in [5, 5.41) is 2.84. The number of nitrogens with one attached hydrogen (secondary N) is 1. The van der Waals surface area contributed by atoms with Crippen LogP contribution in [0.4, 0.5) is 0 Å². The molecule has 1 atom stereocenters. The zero-order valence-corrected chi connectivity index (χ0v) is 21.6. The number of ether oxygens (including phenoxy) is 1. The van der Waals surface area contributed by atoms with Gasteiger partial charge < -0.3 is 19.4 Å². The monoisotopic (exact) mass is 501 g/mol. The maximum absolute atomic E-state index is 13.6. The Bertz CT molecular complexity index is 1230. The van der Waals surface area contributed by atoms with Crippen LogP contribution in [0.1, 0.15) is 78.6 Å². The normalized spacial score (nSPS) is 17.6. The predicted molar refractivity (Wildman–Crippen MR) is 140 cm³/mol. The SMILES string of the molecule is CC(C)CNC(=O)c1coc(COc2ccc3c(c2)C(c2ccccc2)N(C(=O)C2CCCC2)CC3)n1. The summed E-state index contributed by atoms with van der Waals surface area (Å²) in [4.78, 5) is 32.2. The zero-order valence-electron chi connectivity index (χ0n) is 21.6. The van der Waals surface area contributed by atoms with Crippen molar-refractivity contribution in [3.63, 3.8) is 0 Å². The molecule has 1 aliphatic heterocycles. The number of fused-ring (bicyclic) bond motifs is 1. The van der Waals surface area contributed by atoms with Crippen LogP contribution < -0.4 is 10.1 Å². The first-order chi connectivity index (χ1) is 18.0. The van der Waals surface area contributed by atoms with Gasteiger partial charge in [-0.25, -0.2) is 4.98 Å². The van der Waals surface area contributed by atoms with E-state index < -0.39 is 0 Å². The van der Waals surface area contributed by atoms with Gasteiger partial charge in [0.05, 0.1) is 6.04 Å². The maximum Gasteiger partial charge on any atom is 0.273 e. The van der Waals surface area contributed by atoms with Crippen molar-refractivity contribution in [3.8, 4) is 5.75 Å². The average molecular weight is 502 g/mol. The molecule has 5 rings (SSSR count). The first-order valence-electron chi connectivity index (χ1n) is 13.3. The molecule has 2 aliphatic rings. The fourth-order valence-corrected chi connectivity index (χ4v) is 5.34. The summed E-state index contributed by atoms with van der Waals surface area (Å²) < 4.78 is 11.5. The highest BCUT2D eigenvalue weighted by Gasteiger charge is 2.36. The summed E-state index contributed by atoms with van der Waals surface area (Å²) in [5.41, 5.74) is 3.69. The predicted octanol–water partition coefficient (Wildman–Crippen LogP) is 5.30. The van der Waals surface area contributed by atoms with E-state index in [-0.39, 0.29) is 36.1 Å². The summed E-state index contributed by atoms with van der Waals surface area (Å²) >= 11 is 0. The van der Waals surface area contributed by atoms with Gasteiger partial charge in [-0.1, -0.05) is 63.1 Å². The highest BCUT2D eigenvalue weighted by atomic mass is 16.5. The van der Waals surface area contributed by atoms with Gasteiger partial charge in [0.1, 0.15) is 12.0 Å². The van der Waals surface area contributed by atoms with E-state index in [1.165, 1.54) is 11.8 Å². The van der Waals surface area contributed by atoms with E-state index in [4.69, 9.17) is 9.15 Å². The van der Waals surface area contributed by atoms with E-state index >= 15 is 0 Å². The van der Waals surface area contributed by atoms with Crippen molar-refractivity contribution >= 4 is 11.8 Å². The van der Waals surface area contributed by atoms with Crippen molar-refractivity contribution in [2.45, 2.75) is 58.6 Å². The van der Waals surface area contributed by atoms with E-state index in [1.807, 2.05) is 44.2 Å². The lowest BCUT2D eigenvalue weighted by Crippen LogP contribution is -2.43. The van der Waals surface area contributed by atoms with Crippen LogP contribution in [-0.2, 0) is 17.8 Å². The number of nitrogens with zero attached hydrogens (tertiary/aromatic N) is 2. The minimum absolute atomic E-state index is 0.108. The van der Waals surface area contributed by atoms with Gasteiger partial charge in [-0.15, -0.1) is 0 Å². The third kappa shape index (κ3) is 5.71. The minimum Gasteiger partial charge on any atom is -0.484 e. The van der Waals surface area contributed by atoms with Crippen LogP contribution in [0.2, 0.25) is 0 Å². The van der Waals surface area contributed by atoms with Crippen molar-refractivity contribution < 1.29 is 18.7 Å². The number of rotatable bonds is 8. The molecular formula is C30H35N3O4. The second-order valence-electron chi connectivity index (χ2n) is 10.5. The number of carbonyl (C=O) groups excluding carboxylic acids is 2. The molecular weight excluding hydrogens is 466 g/mol. The Hall–Kier alpha value is -3.61. The van der Waals surface area contributed by atoms with E-state index in [9.17, 15) is 9.59 Å². The molecule has 1 unspecified atom stereocenters. The highest BCUT2D eigenvalue weighted by molar-refractivity contribution is 5.91. The molecule has 3 aromatic rings. The smallest absolute Gasteiger partial charge is 0.273 e. The Morgan fingerprint density at radius 1 is 1.14 bits per heavy atom. The van der Waals surface area contributed by atoms with Crippen molar-refractivity contribution in [1.29, 1.82) is 0 Å². The number of hydrogen-bond donors (Lipinski definition) is 1. The summed E-state index contributed by atoms with van der Waals surface area (Å²) in [6.45, 7) is 5.48. The van der Waals surface area contributed by atoms with Crippen molar-refractivity contribution in [1.82, 2.24) is 15.2 Å². The molecule has 37 heavy (non-hydrogen) atoms. The molecule has 0 saturated heterocycles. The van der Waals surface area contributed by atoms with Gasteiger partial charge in [0.2, 0.25) is 11.8 Å².